The van der Waals surface area contributed by atoms with Gasteiger partial charge in [0.25, 0.3) is 0 Å². The SMILES string of the molecule is CCn1ncnc1CN1CCC(Cc2ccc(O)cc2)C1. The molecule has 1 saturated heterocycles. The van der Waals surface area contributed by atoms with Crippen LogP contribution in [0.4, 0.5) is 0 Å². The first-order valence-corrected chi connectivity index (χ1v) is 7.61. The molecule has 1 N–H and O–H groups in total. The van der Waals surface area contributed by atoms with E-state index >= 15 is 0 Å². The normalized spacial score (nSPS) is 19.2. The van der Waals surface area contributed by atoms with E-state index in [1.165, 1.54) is 12.0 Å². The molecule has 0 radical (unpaired) electrons. The number of hydrogen-bond acceptors (Lipinski definition) is 4. The van der Waals surface area contributed by atoms with Gasteiger partial charge in [0.1, 0.15) is 17.9 Å². The molecule has 112 valence electrons. The first kappa shape index (κ1) is 14.1. The number of aromatic hydroxyl groups is 1. The monoisotopic (exact) mass is 286 g/mol. The first-order chi connectivity index (χ1) is 10.2. The number of phenolic OH excluding ortho intramolecular Hbond substituents is 1. The van der Waals surface area contributed by atoms with E-state index < -0.39 is 0 Å². The topological polar surface area (TPSA) is 54.2 Å². The van der Waals surface area contributed by atoms with Crippen LogP contribution in [0.15, 0.2) is 30.6 Å². The molecule has 5 heteroatoms. The second kappa shape index (κ2) is 6.26. The van der Waals surface area contributed by atoms with Gasteiger partial charge in [-0.3, -0.25) is 4.90 Å². The van der Waals surface area contributed by atoms with Gasteiger partial charge in [-0.15, -0.1) is 0 Å². The lowest BCUT2D eigenvalue weighted by atomic mass is 9.99. The first-order valence-electron chi connectivity index (χ1n) is 7.61. The Morgan fingerprint density at radius 1 is 1.29 bits per heavy atom. The molecule has 1 unspecified atom stereocenters. The van der Waals surface area contributed by atoms with Gasteiger partial charge in [0, 0.05) is 13.1 Å². The third-order valence-corrected chi connectivity index (χ3v) is 4.19. The summed E-state index contributed by atoms with van der Waals surface area (Å²) in [5.74, 6) is 2.08. The number of rotatable bonds is 5. The van der Waals surface area contributed by atoms with Crippen LogP contribution in [0.3, 0.4) is 0 Å². The maximum atomic E-state index is 9.33. The Hall–Kier alpha value is -1.88. The summed E-state index contributed by atoms with van der Waals surface area (Å²) in [6, 6.07) is 7.58. The molecule has 1 aliphatic rings. The fourth-order valence-corrected chi connectivity index (χ4v) is 3.06. The maximum absolute atomic E-state index is 9.33. The van der Waals surface area contributed by atoms with Crippen molar-refractivity contribution >= 4 is 0 Å². The molecule has 2 aromatic rings. The van der Waals surface area contributed by atoms with Gasteiger partial charge in [-0.25, -0.2) is 9.67 Å². The van der Waals surface area contributed by atoms with E-state index in [0.717, 1.165) is 38.4 Å². The number of aromatic nitrogens is 3. The minimum absolute atomic E-state index is 0.339. The van der Waals surface area contributed by atoms with Crippen molar-refractivity contribution in [1.29, 1.82) is 0 Å². The van der Waals surface area contributed by atoms with Gasteiger partial charge in [-0.05, 0) is 49.9 Å². The van der Waals surface area contributed by atoms with E-state index in [1.807, 2.05) is 16.8 Å². The summed E-state index contributed by atoms with van der Waals surface area (Å²) in [6.07, 6.45) is 3.95. The zero-order valence-electron chi connectivity index (χ0n) is 12.4. The Bertz CT molecular complexity index is 578. The smallest absolute Gasteiger partial charge is 0.140 e. The zero-order chi connectivity index (χ0) is 14.7. The number of benzene rings is 1. The van der Waals surface area contributed by atoms with Crippen LogP contribution >= 0.6 is 0 Å². The Kier molecular flexibility index (Phi) is 4.20. The molecule has 0 bridgehead atoms. The van der Waals surface area contributed by atoms with E-state index in [1.54, 1.807) is 18.5 Å². The molecular weight excluding hydrogens is 264 g/mol. The van der Waals surface area contributed by atoms with Crippen molar-refractivity contribution in [1.82, 2.24) is 19.7 Å². The molecule has 1 atom stereocenters. The summed E-state index contributed by atoms with van der Waals surface area (Å²) in [5, 5.41) is 13.6. The highest BCUT2D eigenvalue weighted by Gasteiger charge is 2.23. The number of likely N-dealkylation sites (tertiary alicyclic amines) is 1. The van der Waals surface area contributed by atoms with Crippen LogP contribution in [0, 0.1) is 5.92 Å². The van der Waals surface area contributed by atoms with Crippen LogP contribution in [-0.4, -0.2) is 37.9 Å². The summed E-state index contributed by atoms with van der Waals surface area (Å²) in [6.45, 7) is 6.09. The number of nitrogens with zero attached hydrogens (tertiary/aromatic N) is 4. The molecule has 1 aliphatic heterocycles. The molecule has 1 aromatic heterocycles. The van der Waals surface area contributed by atoms with Gasteiger partial charge in [-0.2, -0.15) is 5.10 Å². The summed E-state index contributed by atoms with van der Waals surface area (Å²) in [7, 11) is 0. The minimum Gasteiger partial charge on any atom is -0.508 e. The van der Waals surface area contributed by atoms with Crippen LogP contribution in [0.1, 0.15) is 24.7 Å². The zero-order valence-corrected chi connectivity index (χ0v) is 12.4. The van der Waals surface area contributed by atoms with Crippen molar-refractivity contribution in [2.45, 2.75) is 32.9 Å². The number of hydrogen-bond donors (Lipinski definition) is 1. The second-order valence-corrected chi connectivity index (χ2v) is 5.75. The summed E-state index contributed by atoms with van der Waals surface area (Å²) >= 11 is 0. The fraction of sp³-hybridized carbons (Fsp3) is 0.500. The maximum Gasteiger partial charge on any atom is 0.140 e. The van der Waals surface area contributed by atoms with Crippen LogP contribution in [0.2, 0.25) is 0 Å². The predicted octanol–water partition coefficient (Wildman–Crippen LogP) is 2.07. The summed E-state index contributed by atoms with van der Waals surface area (Å²) < 4.78 is 1.97. The molecule has 1 fully saturated rings. The van der Waals surface area contributed by atoms with Crippen LogP contribution in [-0.2, 0) is 19.5 Å². The second-order valence-electron chi connectivity index (χ2n) is 5.75. The van der Waals surface area contributed by atoms with Crippen molar-refractivity contribution in [3.05, 3.63) is 42.0 Å². The van der Waals surface area contributed by atoms with Gasteiger partial charge in [0.2, 0.25) is 0 Å². The van der Waals surface area contributed by atoms with Crippen molar-refractivity contribution in [2.75, 3.05) is 13.1 Å². The van der Waals surface area contributed by atoms with Crippen molar-refractivity contribution in [3.63, 3.8) is 0 Å². The Labute approximate surface area is 125 Å². The predicted molar refractivity (Wildman–Crippen MR) is 80.9 cm³/mol. The standard InChI is InChI=1S/C16H22N4O/c1-2-20-16(17-12-18-20)11-19-8-7-14(10-19)9-13-3-5-15(21)6-4-13/h3-6,12,14,21H,2,7-11H2,1H3. The largest absolute Gasteiger partial charge is 0.508 e. The van der Waals surface area contributed by atoms with Gasteiger partial charge in [-0.1, -0.05) is 12.1 Å². The minimum atomic E-state index is 0.339. The molecule has 1 aromatic carbocycles. The Morgan fingerprint density at radius 2 is 2.10 bits per heavy atom. The average Bonchev–Trinajstić information content (AvgIpc) is 3.11. The van der Waals surface area contributed by atoms with Gasteiger partial charge >= 0.3 is 0 Å². The van der Waals surface area contributed by atoms with Crippen molar-refractivity contribution in [2.24, 2.45) is 5.92 Å². The van der Waals surface area contributed by atoms with E-state index in [-0.39, 0.29) is 0 Å². The molecule has 21 heavy (non-hydrogen) atoms. The molecule has 0 saturated carbocycles. The Balaban J connectivity index is 1.54. The quantitative estimate of drug-likeness (QED) is 0.914. The third kappa shape index (κ3) is 3.42. The van der Waals surface area contributed by atoms with Gasteiger partial charge < -0.3 is 5.11 Å². The lowest BCUT2D eigenvalue weighted by molar-refractivity contribution is 0.301. The molecule has 0 amide bonds. The molecule has 2 heterocycles. The molecule has 0 aliphatic carbocycles. The third-order valence-electron chi connectivity index (χ3n) is 4.19. The van der Waals surface area contributed by atoms with E-state index in [0.29, 0.717) is 11.7 Å². The summed E-state index contributed by atoms with van der Waals surface area (Å²) in [5.41, 5.74) is 1.30. The van der Waals surface area contributed by atoms with Crippen LogP contribution in [0.25, 0.3) is 0 Å². The molecule has 3 rings (SSSR count). The van der Waals surface area contributed by atoms with Gasteiger partial charge in [0.05, 0.1) is 6.54 Å². The van der Waals surface area contributed by atoms with Crippen LogP contribution in [0.5, 0.6) is 5.75 Å². The van der Waals surface area contributed by atoms with Gasteiger partial charge in [0.15, 0.2) is 0 Å². The molecule has 5 nitrogen and oxygen atoms in total. The number of aryl methyl sites for hydroxylation is 1. The summed E-state index contributed by atoms with van der Waals surface area (Å²) in [4.78, 5) is 6.81. The Morgan fingerprint density at radius 3 is 2.86 bits per heavy atom. The molecular formula is C16H22N4O. The molecule has 0 spiro atoms. The highest BCUT2D eigenvalue weighted by Crippen LogP contribution is 2.23. The lowest BCUT2D eigenvalue weighted by Gasteiger charge is -2.15. The average molecular weight is 286 g/mol. The highest BCUT2D eigenvalue weighted by molar-refractivity contribution is 5.26. The lowest BCUT2D eigenvalue weighted by Crippen LogP contribution is -2.23. The highest BCUT2D eigenvalue weighted by atomic mass is 16.3. The van der Waals surface area contributed by atoms with E-state index in [9.17, 15) is 5.11 Å². The van der Waals surface area contributed by atoms with Crippen molar-refractivity contribution in [3.8, 4) is 5.75 Å². The van der Waals surface area contributed by atoms with E-state index in [4.69, 9.17) is 0 Å². The fourth-order valence-electron chi connectivity index (χ4n) is 3.06. The van der Waals surface area contributed by atoms with E-state index in [2.05, 4.69) is 21.9 Å². The van der Waals surface area contributed by atoms with Crippen molar-refractivity contribution < 1.29 is 5.11 Å². The number of phenols is 1. The van der Waals surface area contributed by atoms with Crippen LogP contribution < -0.4 is 0 Å².